The Kier molecular flexibility index (Phi) is 8.44. The molecular formula is C33H26F2N2O6. The molecule has 2 atom stereocenters. The number of rotatable bonds is 9. The maximum absolute atomic E-state index is 14.1. The molecule has 8 nitrogen and oxygen atoms in total. The maximum atomic E-state index is 14.1. The average molecular weight is 585 g/mol. The summed E-state index contributed by atoms with van der Waals surface area (Å²) in [6.07, 6.45) is -1.11. The Morgan fingerprint density at radius 3 is 2.44 bits per heavy atom. The third kappa shape index (κ3) is 6.21. The number of halogens is 2. The first-order valence-corrected chi connectivity index (χ1v) is 13.2. The van der Waals surface area contributed by atoms with Gasteiger partial charge in [-0.3, -0.25) is 0 Å². The van der Waals surface area contributed by atoms with Gasteiger partial charge in [-0.2, -0.15) is 5.26 Å². The minimum Gasteiger partial charge on any atom is -0.493 e. The van der Waals surface area contributed by atoms with Crippen LogP contribution in [0.4, 0.5) is 8.78 Å². The van der Waals surface area contributed by atoms with E-state index < -0.39 is 23.8 Å². The van der Waals surface area contributed by atoms with E-state index in [1.54, 1.807) is 54.6 Å². The standard InChI is InChI=1S/C33H26F2N2O6/c1-19(41-27-10-6-5-9-26(27)35)33(38)42-22-12-13-23-29(16-22)43-32(37)24(17-36)31(23)20-11-14-28(30(15-20)39-2)40-18-21-7-3-4-8-25(21)34/h3-16,19,31H,18,37H2,1-2H3. The van der Waals surface area contributed by atoms with E-state index in [0.717, 1.165) is 0 Å². The lowest BCUT2D eigenvalue weighted by Crippen LogP contribution is -2.29. The fourth-order valence-corrected chi connectivity index (χ4v) is 4.57. The Morgan fingerprint density at radius 2 is 1.72 bits per heavy atom. The summed E-state index contributed by atoms with van der Waals surface area (Å²) in [4.78, 5) is 12.7. The van der Waals surface area contributed by atoms with Gasteiger partial charge in [-0.15, -0.1) is 0 Å². The summed E-state index contributed by atoms with van der Waals surface area (Å²) in [6.45, 7) is 1.43. The number of carbonyl (C=O) groups excluding carboxylic acids is 1. The monoisotopic (exact) mass is 584 g/mol. The predicted octanol–water partition coefficient (Wildman–Crippen LogP) is 6.14. The Balaban J connectivity index is 1.38. The lowest BCUT2D eigenvalue weighted by Gasteiger charge is -2.27. The van der Waals surface area contributed by atoms with Crippen molar-refractivity contribution >= 4 is 5.97 Å². The highest BCUT2D eigenvalue weighted by atomic mass is 19.1. The van der Waals surface area contributed by atoms with Crippen LogP contribution in [0.3, 0.4) is 0 Å². The topological polar surface area (TPSA) is 113 Å². The highest BCUT2D eigenvalue weighted by Gasteiger charge is 2.32. The Bertz CT molecular complexity index is 1750. The van der Waals surface area contributed by atoms with Crippen LogP contribution < -0.4 is 29.4 Å². The molecule has 5 rings (SSSR count). The fourth-order valence-electron chi connectivity index (χ4n) is 4.57. The van der Waals surface area contributed by atoms with Gasteiger partial charge < -0.3 is 29.4 Å². The first-order valence-electron chi connectivity index (χ1n) is 13.2. The molecule has 1 aliphatic rings. The lowest BCUT2D eigenvalue weighted by atomic mass is 9.83. The van der Waals surface area contributed by atoms with Gasteiger partial charge in [-0.05, 0) is 48.9 Å². The van der Waals surface area contributed by atoms with Crippen molar-refractivity contribution in [1.82, 2.24) is 0 Å². The Hall–Kier alpha value is -5.56. The Morgan fingerprint density at radius 1 is 0.977 bits per heavy atom. The predicted molar refractivity (Wildman–Crippen MR) is 152 cm³/mol. The molecule has 4 aromatic rings. The van der Waals surface area contributed by atoms with Crippen molar-refractivity contribution in [2.45, 2.75) is 25.6 Å². The molecule has 0 radical (unpaired) electrons. The quantitative estimate of drug-likeness (QED) is 0.184. The molecule has 0 aliphatic carbocycles. The van der Waals surface area contributed by atoms with E-state index in [9.17, 15) is 18.8 Å². The zero-order valence-electron chi connectivity index (χ0n) is 23.2. The van der Waals surface area contributed by atoms with Gasteiger partial charge in [0, 0.05) is 17.2 Å². The van der Waals surface area contributed by atoms with E-state index in [-0.39, 0.29) is 41.1 Å². The van der Waals surface area contributed by atoms with Crippen molar-refractivity contribution in [2.75, 3.05) is 7.11 Å². The normalized spacial score (nSPS) is 14.5. The number of nitriles is 1. The molecule has 43 heavy (non-hydrogen) atoms. The second-order valence-corrected chi connectivity index (χ2v) is 9.53. The molecule has 4 aromatic carbocycles. The molecular weight excluding hydrogens is 558 g/mol. The highest BCUT2D eigenvalue weighted by molar-refractivity contribution is 5.77. The summed E-state index contributed by atoms with van der Waals surface area (Å²) in [5, 5.41) is 9.94. The largest absolute Gasteiger partial charge is 0.493 e. The van der Waals surface area contributed by atoms with E-state index in [2.05, 4.69) is 6.07 Å². The maximum Gasteiger partial charge on any atom is 0.352 e. The number of methoxy groups -OCH3 is 1. The minimum atomic E-state index is -1.11. The number of nitrogens with two attached hydrogens (primary N) is 1. The van der Waals surface area contributed by atoms with E-state index in [0.29, 0.717) is 28.2 Å². The van der Waals surface area contributed by atoms with Crippen LogP contribution in [0, 0.1) is 23.0 Å². The highest BCUT2D eigenvalue weighted by Crippen LogP contribution is 2.45. The summed E-state index contributed by atoms with van der Waals surface area (Å²) in [5.74, 6) is -1.42. The molecule has 2 N–H and O–H groups in total. The van der Waals surface area contributed by atoms with Crippen molar-refractivity contribution in [3.63, 3.8) is 0 Å². The van der Waals surface area contributed by atoms with Crippen LogP contribution in [-0.2, 0) is 11.4 Å². The number of para-hydroxylation sites is 1. The van der Waals surface area contributed by atoms with Gasteiger partial charge in [0.25, 0.3) is 0 Å². The summed E-state index contributed by atoms with van der Waals surface area (Å²) in [7, 11) is 1.47. The number of carbonyl (C=O) groups is 1. The molecule has 218 valence electrons. The first kappa shape index (κ1) is 29.0. The third-order valence-corrected chi connectivity index (χ3v) is 6.74. The molecule has 0 aromatic heterocycles. The second-order valence-electron chi connectivity index (χ2n) is 9.53. The zero-order chi connectivity index (χ0) is 30.5. The number of nitrogens with zero attached hydrogens (tertiary/aromatic N) is 1. The molecule has 0 amide bonds. The SMILES string of the molecule is COc1cc(C2C(C#N)=C(N)Oc3cc(OC(=O)C(C)Oc4ccccc4F)ccc32)ccc1OCc1ccccc1F. The van der Waals surface area contributed by atoms with Crippen LogP contribution in [0.1, 0.15) is 29.5 Å². The molecule has 1 heterocycles. The van der Waals surface area contributed by atoms with E-state index >= 15 is 0 Å². The van der Waals surface area contributed by atoms with E-state index in [4.69, 9.17) is 29.4 Å². The van der Waals surface area contributed by atoms with Crippen molar-refractivity contribution < 1.29 is 37.3 Å². The van der Waals surface area contributed by atoms with Crippen LogP contribution in [0.15, 0.2) is 96.4 Å². The second kappa shape index (κ2) is 12.5. The van der Waals surface area contributed by atoms with Gasteiger partial charge in [0.1, 0.15) is 35.6 Å². The van der Waals surface area contributed by atoms with E-state index in [1.807, 2.05) is 0 Å². The van der Waals surface area contributed by atoms with Gasteiger partial charge >= 0.3 is 5.97 Å². The Labute approximate surface area is 246 Å². The number of fused-ring (bicyclic) bond motifs is 1. The van der Waals surface area contributed by atoms with Gasteiger partial charge in [0.05, 0.1) is 13.0 Å². The lowest BCUT2D eigenvalue weighted by molar-refractivity contribution is -0.141. The molecule has 0 fully saturated rings. The summed E-state index contributed by atoms with van der Waals surface area (Å²) in [5.41, 5.74) is 7.93. The number of allylic oxidation sites excluding steroid dienone is 1. The van der Waals surface area contributed by atoms with Crippen molar-refractivity contribution in [2.24, 2.45) is 5.73 Å². The van der Waals surface area contributed by atoms with Crippen LogP contribution >= 0.6 is 0 Å². The number of esters is 1. The summed E-state index contributed by atoms with van der Waals surface area (Å²) < 4.78 is 56.0. The minimum absolute atomic E-state index is 0.00970. The molecule has 0 saturated carbocycles. The van der Waals surface area contributed by atoms with Crippen molar-refractivity contribution in [3.8, 4) is 34.8 Å². The van der Waals surface area contributed by atoms with Gasteiger partial charge in [0.15, 0.2) is 29.2 Å². The van der Waals surface area contributed by atoms with Gasteiger partial charge in [0.2, 0.25) is 5.88 Å². The summed E-state index contributed by atoms with van der Waals surface area (Å²) >= 11 is 0. The zero-order valence-corrected chi connectivity index (χ0v) is 23.2. The summed E-state index contributed by atoms with van der Waals surface area (Å²) in [6, 6.07) is 23.9. The fraction of sp³-hybridized carbons (Fsp3) is 0.152. The number of benzene rings is 4. The van der Waals surface area contributed by atoms with Crippen LogP contribution in [-0.4, -0.2) is 19.2 Å². The van der Waals surface area contributed by atoms with Gasteiger partial charge in [-0.25, -0.2) is 13.6 Å². The van der Waals surface area contributed by atoms with Crippen LogP contribution in [0.2, 0.25) is 0 Å². The van der Waals surface area contributed by atoms with E-state index in [1.165, 1.54) is 44.4 Å². The molecule has 0 spiro atoms. The van der Waals surface area contributed by atoms with Crippen molar-refractivity contribution in [1.29, 1.82) is 5.26 Å². The third-order valence-electron chi connectivity index (χ3n) is 6.74. The first-order chi connectivity index (χ1) is 20.8. The van der Waals surface area contributed by atoms with Crippen LogP contribution in [0.5, 0.6) is 28.7 Å². The number of hydrogen-bond donors (Lipinski definition) is 1. The molecule has 2 unspecified atom stereocenters. The number of ether oxygens (including phenoxy) is 5. The molecule has 0 bridgehead atoms. The van der Waals surface area contributed by atoms with Crippen molar-refractivity contribution in [3.05, 3.63) is 125 Å². The average Bonchev–Trinajstić information content (AvgIpc) is 3.01. The number of hydrogen-bond acceptors (Lipinski definition) is 8. The molecule has 1 aliphatic heterocycles. The molecule has 0 saturated heterocycles. The van der Waals surface area contributed by atoms with Gasteiger partial charge in [-0.1, -0.05) is 42.5 Å². The molecule has 10 heteroatoms. The smallest absolute Gasteiger partial charge is 0.352 e. The van der Waals surface area contributed by atoms with Crippen LogP contribution in [0.25, 0.3) is 0 Å².